The lowest BCUT2D eigenvalue weighted by molar-refractivity contribution is -0.142. The maximum atomic E-state index is 13.2. The van der Waals surface area contributed by atoms with E-state index in [1.165, 1.54) is 0 Å². The van der Waals surface area contributed by atoms with E-state index >= 15 is 0 Å². The normalized spacial score (nSPS) is 12.7. The third kappa shape index (κ3) is 6.84. The Morgan fingerprint density at radius 3 is 2.39 bits per heavy atom. The fraction of sp³-hybridized carbons (Fsp3) is 0.462. The molecule has 5 heteroatoms. The van der Waals surface area contributed by atoms with Crippen LogP contribution in [0.2, 0.25) is 0 Å². The molecule has 0 fully saturated rings. The second-order valence-corrected chi connectivity index (χ2v) is 8.50. The number of rotatable bonds is 9. The van der Waals surface area contributed by atoms with Gasteiger partial charge in [0.25, 0.3) is 5.91 Å². The lowest BCUT2D eigenvalue weighted by Crippen LogP contribution is -2.50. The molecule has 0 saturated heterocycles. The van der Waals surface area contributed by atoms with Gasteiger partial charge in [0.2, 0.25) is 5.91 Å². The molecular weight excluding hydrogens is 388 g/mol. The molecule has 0 bridgehead atoms. The molecule has 31 heavy (non-hydrogen) atoms. The molecule has 0 aromatic heterocycles. The number of carbonyl (C=O) groups excluding carboxylic acids is 2. The lowest BCUT2D eigenvalue weighted by atomic mass is 10.1. The largest absolute Gasteiger partial charge is 0.483 e. The van der Waals surface area contributed by atoms with Crippen LogP contribution in [0.5, 0.6) is 5.75 Å². The fourth-order valence-electron chi connectivity index (χ4n) is 3.43. The molecule has 0 spiro atoms. The third-order valence-corrected chi connectivity index (χ3v) is 5.72. The van der Waals surface area contributed by atoms with Gasteiger partial charge in [-0.3, -0.25) is 9.59 Å². The predicted octanol–water partition coefficient (Wildman–Crippen LogP) is 4.63. The van der Waals surface area contributed by atoms with Gasteiger partial charge >= 0.3 is 0 Å². The van der Waals surface area contributed by atoms with Crippen LogP contribution in [0.25, 0.3) is 0 Å². The SMILES string of the molecule is CCC(C)NC(=O)C(C)N(Cc1cccc(C)c1)C(=O)COc1cc(C)cc(C)c1C. The van der Waals surface area contributed by atoms with Crippen LogP contribution >= 0.6 is 0 Å². The summed E-state index contributed by atoms with van der Waals surface area (Å²) in [4.78, 5) is 27.6. The van der Waals surface area contributed by atoms with Crippen molar-refractivity contribution in [1.82, 2.24) is 10.2 Å². The molecule has 2 aromatic rings. The van der Waals surface area contributed by atoms with Gasteiger partial charge < -0.3 is 15.0 Å². The van der Waals surface area contributed by atoms with Crippen molar-refractivity contribution in [2.24, 2.45) is 0 Å². The summed E-state index contributed by atoms with van der Waals surface area (Å²) in [5.41, 5.74) is 5.33. The number of nitrogens with zero attached hydrogens (tertiary/aromatic N) is 1. The van der Waals surface area contributed by atoms with Crippen molar-refractivity contribution in [3.05, 3.63) is 64.2 Å². The van der Waals surface area contributed by atoms with Crippen LogP contribution in [0.1, 0.15) is 55.0 Å². The summed E-state index contributed by atoms with van der Waals surface area (Å²) in [5.74, 6) is 0.336. The average molecular weight is 425 g/mol. The maximum Gasteiger partial charge on any atom is 0.261 e. The first-order chi connectivity index (χ1) is 14.6. The first kappa shape index (κ1) is 24.4. The predicted molar refractivity (Wildman–Crippen MR) is 125 cm³/mol. The molecule has 0 aliphatic carbocycles. The summed E-state index contributed by atoms with van der Waals surface area (Å²) in [7, 11) is 0. The molecule has 168 valence electrons. The van der Waals surface area contributed by atoms with Crippen molar-refractivity contribution in [2.75, 3.05) is 6.61 Å². The zero-order valence-electron chi connectivity index (χ0n) is 19.9. The Balaban J connectivity index is 2.22. The van der Waals surface area contributed by atoms with E-state index in [9.17, 15) is 9.59 Å². The molecule has 0 aliphatic rings. The highest BCUT2D eigenvalue weighted by molar-refractivity contribution is 5.88. The summed E-state index contributed by atoms with van der Waals surface area (Å²) in [5, 5.41) is 2.99. The second-order valence-electron chi connectivity index (χ2n) is 8.50. The molecule has 2 aromatic carbocycles. The Labute approximate surface area is 186 Å². The molecule has 2 rings (SSSR count). The Morgan fingerprint density at radius 2 is 1.74 bits per heavy atom. The molecule has 2 amide bonds. The molecular formula is C26H36N2O3. The van der Waals surface area contributed by atoms with E-state index in [0.717, 1.165) is 34.2 Å². The minimum absolute atomic E-state index is 0.0556. The van der Waals surface area contributed by atoms with Gasteiger partial charge in [-0.15, -0.1) is 0 Å². The summed E-state index contributed by atoms with van der Waals surface area (Å²) in [6.07, 6.45) is 0.833. The van der Waals surface area contributed by atoms with Crippen molar-refractivity contribution in [3.8, 4) is 5.75 Å². The van der Waals surface area contributed by atoms with E-state index in [-0.39, 0.29) is 24.5 Å². The van der Waals surface area contributed by atoms with E-state index < -0.39 is 6.04 Å². The zero-order valence-corrected chi connectivity index (χ0v) is 19.9. The summed E-state index contributed by atoms with van der Waals surface area (Å²) >= 11 is 0. The number of aryl methyl sites for hydroxylation is 3. The quantitative estimate of drug-likeness (QED) is 0.638. The van der Waals surface area contributed by atoms with E-state index in [1.54, 1.807) is 11.8 Å². The van der Waals surface area contributed by atoms with Gasteiger partial charge in [-0.2, -0.15) is 0 Å². The summed E-state index contributed by atoms with van der Waals surface area (Å²) < 4.78 is 5.91. The van der Waals surface area contributed by atoms with Crippen LogP contribution in [-0.4, -0.2) is 35.4 Å². The smallest absolute Gasteiger partial charge is 0.261 e. The summed E-state index contributed by atoms with van der Waals surface area (Å²) in [6, 6.07) is 11.5. The van der Waals surface area contributed by atoms with E-state index in [2.05, 4.69) is 11.4 Å². The monoisotopic (exact) mass is 424 g/mol. The van der Waals surface area contributed by atoms with Crippen molar-refractivity contribution >= 4 is 11.8 Å². The third-order valence-electron chi connectivity index (χ3n) is 5.72. The van der Waals surface area contributed by atoms with Gasteiger partial charge in [-0.05, 0) is 76.3 Å². The minimum Gasteiger partial charge on any atom is -0.483 e. The van der Waals surface area contributed by atoms with Gasteiger partial charge in [-0.25, -0.2) is 0 Å². The molecule has 2 atom stereocenters. The standard InChI is InChI=1S/C26H36N2O3/c1-8-20(5)27-26(30)22(7)28(15-23-11-9-10-17(2)13-23)25(29)16-31-24-14-18(3)12-19(4)21(24)6/h9-14,20,22H,8,15-16H2,1-7H3,(H,27,30). The molecule has 0 aliphatic heterocycles. The Hall–Kier alpha value is -2.82. The maximum absolute atomic E-state index is 13.2. The van der Waals surface area contributed by atoms with Crippen LogP contribution in [-0.2, 0) is 16.1 Å². The number of carbonyl (C=O) groups is 2. The van der Waals surface area contributed by atoms with Gasteiger partial charge in [0.15, 0.2) is 6.61 Å². The van der Waals surface area contributed by atoms with Crippen LogP contribution in [0.3, 0.4) is 0 Å². The van der Waals surface area contributed by atoms with Gasteiger partial charge in [-0.1, -0.05) is 42.8 Å². The van der Waals surface area contributed by atoms with E-state index in [4.69, 9.17) is 4.74 Å². The van der Waals surface area contributed by atoms with Crippen LogP contribution in [0, 0.1) is 27.7 Å². The fourth-order valence-corrected chi connectivity index (χ4v) is 3.43. The number of ether oxygens (including phenoxy) is 1. The first-order valence-electron chi connectivity index (χ1n) is 11.0. The average Bonchev–Trinajstić information content (AvgIpc) is 2.72. The van der Waals surface area contributed by atoms with Crippen molar-refractivity contribution in [2.45, 2.75) is 73.5 Å². The lowest BCUT2D eigenvalue weighted by Gasteiger charge is -2.30. The second kappa shape index (κ2) is 11.0. The van der Waals surface area contributed by atoms with Gasteiger partial charge in [0.1, 0.15) is 11.8 Å². The molecule has 0 radical (unpaired) electrons. The van der Waals surface area contributed by atoms with E-state index in [1.807, 2.05) is 71.9 Å². The molecule has 5 nitrogen and oxygen atoms in total. The number of nitrogens with one attached hydrogen (secondary N) is 1. The highest BCUT2D eigenvalue weighted by Gasteiger charge is 2.27. The Morgan fingerprint density at radius 1 is 1.03 bits per heavy atom. The highest BCUT2D eigenvalue weighted by atomic mass is 16.5. The van der Waals surface area contributed by atoms with Gasteiger partial charge in [0.05, 0.1) is 0 Å². The molecule has 1 N–H and O–H groups in total. The van der Waals surface area contributed by atoms with Crippen molar-refractivity contribution in [1.29, 1.82) is 0 Å². The number of hydrogen-bond donors (Lipinski definition) is 1. The Bertz CT molecular complexity index is 923. The number of benzene rings is 2. The number of hydrogen-bond acceptors (Lipinski definition) is 3. The number of amides is 2. The topological polar surface area (TPSA) is 58.6 Å². The molecule has 0 saturated carbocycles. The van der Waals surface area contributed by atoms with Crippen LogP contribution in [0.15, 0.2) is 36.4 Å². The van der Waals surface area contributed by atoms with Crippen LogP contribution < -0.4 is 10.1 Å². The molecule has 0 heterocycles. The molecule has 2 unspecified atom stereocenters. The highest BCUT2D eigenvalue weighted by Crippen LogP contribution is 2.23. The minimum atomic E-state index is -0.606. The zero-order chi connectivity index (χ0) is 23.1. The van der Waals surface area contributed by atoms with Crippen LogP contribution in [0.4, 0.5) is 0 Å². The summed E-state index contributed by atoms with van der Waals surface area (Å²) in [6.45, 7) is 14.0. The van der Waals surface area contributed by atoms with Crippen molar-refractivity contribution in [3.63, 3.8) is 0 Å². The Kier molecular flexibility index (Phi) is 8.66. The van der Waals surface area contributed by atoms with Crippen molar-refractivity contribution < 1.29 is 14.3 Å². The van der Waals surface area contributed by atoms with Gasteiger partial charge in [0, 0.05) is 12.6 Å². The first-order valence-corrected chi connectivity index (χ1v) is 11.0. The van der Waals surface area contributed by atoms with E-state index in [0.29, 0.717) is 12.3 Å².